The van der Waals surface area contributed by atoms with Crippen molar-refractivity contribution in [3.8, 4) is 0 Å². The summed E-state index contributed by atoms with van der Waals surface area (Å²) >= 11 is 0. The molecule has 0 radical (unpaired) electrons. The van der Waals surface area contributed by atoms with E-state index >= 15 is 0 Å². The summed E-state index contributed by atoms with van der Waals surface area (Å²) in [4.78, 5) is 35.7. The summed E-state index contributed by atoms with van der Waals surface area (Å²) in [6.07, 6.45) is 12.3. The van der Waals surface area contributed by atoms with Crippen LogP contribution in [-0.4, -0.2) is 43.5 Å². The van der Waals surface area contributed by atoms with Crippen molar-refractivity contribution in [1.29, 1.82) is 0 Å². The smallest absolute Gasteiger partial charge is 0.323 e. The highest BCUT2D eigenvalue weighted by Crippen LogP contribution is 2.25. The van der Waals surface area contributed by atoms with Crippen molar-refractivity contribution in [2.24, 2.45) is 5.92 Å². The fourth-order valence-corrected chi connectivity index (χ4v) is 3.45. The van der Waals surface area contributed by atoms with Crippen LogP contribution in [0.2, 0.25) is 0 Å². The van der Waals surface area contributed by atoms with Crippen LogP contribution in [0.3, 0.4) is 0 Å². The number of hydrogen-bond acceptors (Lipinski definition) is 6. The van der Waals surface area contributed by atoms with E-state index in [0.29, 0.717) is 44.8 Å². The van der Waals surface area contributed by atoms with Crippen LogP contribution in [-0.2, 0) is 23.9 Å². The maximum Gasteiger partial charge on any atom is 0.323 e. The molecule has 1 aliphatic carbocycles. The van der Waals surface area contributed by atoms with E-state index in [9.17, 15) is 14.4 Å². The Morgan fingerprint density at radius 2 is 1.71 bits per heavy atom. The average Bonchev–Trinajstić information content (AvgIpc) is 2.70. The number of rotatable bonds is 14. The molecule has 0 aromatic heterocycles. The van der Waals surface area contributed by atoms with Crippen molar-refractivity contribution in [1.82, 2.24) is 5.32 Å². The van der Waals surface area contributed by atoms with Crippen molar-refractivity contribution in [2.45, 2.75) is 84.1 Å². The summed E-state index contributed by atoms with van der Waals surface area (Å²) in [5, 5.41) is 3.18. The largest absolute Gasteiger partial charge is 0.466 e. The predicted octanol–water partition coefficient (Wildman–Crippen LogP) is 3.73. The molecule has 0 saturated heterocycles. The van der Waals surface area contributed by atoms with E-state index in [2.05, 4.69) is 5.32 Å². The Bertz CT molecular complexity index is 497. The number of allylic oxidation sites excluding steroid dienone is 1. The van der Waals surface area contributed by atoms with Crippen LogP contribution < -0.4 is 5.32 Å². The lowest BCUT2D eigenvalue weighted by molar-refractivity contribution is -0.146. The van der Waals surface area contributed by atoms with Crippen molar-refractivity contribution in [2.75, 3.05) is 19.8 Å². The molecule has 1 rings (SSSR count). The van der Waals surface area contributed by atoms with Gasteiger partial charge in [0.1, 0.15) is 11.8 Å². The zero-order chi connectivity index (χ0) is 20.6. The number of hydrogen-bond donors (Lipinski definition) is 1. The van der Waals surface area contributed by atoms with Gasteiger partial charge in [-0.2, -0.15) is 0 Å². The first-order chi connectivity index (χ1) is 13.6. The van der Waals surface area contributed by atoms with Crippen molar-refractivity contribution in [3.63, 3.8) is 0 Å². The minimum absolute atomic E-state index is 0.176. The summed E-state index contributed by atoms with van der Waals surface area (Å²) in [5.74, 6) is 0.0496. The van der Waals surface area contributed by atoms with E-state index in [4.69, 9.17) is 9.47 Å². The number of ketones is 1. The standard InChI is InChI=1S/C22H37NO5/c1-3-27-21(25)15-11-6-5-10-14-19(22(26)28-4-2)23-17-16-20(24)18-12-8-7-9-13-18/h5,10,18-19,23H,3-4,6-9,11-17H2,1-2H3. The Balaban J connectivity index is 2.32. The van der Waals surface area contributed by atoms with Crippen molar-refractivity contribution >= 4 is 17.7 Å². The molecule has 0 aromatic carbocycles. The predicted molar refractivity (Wildman–Crippen MR) is 109 cm³/mol. The normalized spacial score (nSPS) is 16.1. The number of carbonyl (C=O) groups is 3. The monoisotopic (exact) mass is 395 g/mol. The zero-order valence-corrected chi connectivity index (χ0v) is 17.5. The molecule has 0 heterocycles. The molecular weight excluding hydrogens is 358 g/mol. The second-order valence-corrected chi connectivity index (χ2v) is 7.21. The zero-order valence-electron chi connectivity index (χ0n) is 17.5. The first-order valence-electron chi connectivity index (χ1n) is 10.8. The summed E-state index contributed by atoms with van der Waals surface area (Å²) in [7, 11) is 0. The summed E-state index contributed by atoms with van der Waals surface area (Å²) < 4.78 is 10.0. The van der Waals surface area contributed by atoms with Crippen molar-refractivity contribution < 1.29 is 23.9 Å². The van der Waals surface area contributed by atoms with E-state index in [-0.39, 0.29) is 17.9 Å². The molecule has 28 heavy (non-hydrogen) atoms. The lowest BCUT2D eigenvalue weighted by Gasteiger charge is -2.21. The summed E-state index contributed by atoms with van der Waals surface area (Å²) in [5.41, 5.74) is 0. The topological polar surface area (TPSA) is 81.7 Å². The molecule has 1 fully saturated rings. The molecule has 6 heteroatoms. The molecule has 0 spiro atoms. The molecule has 0 bridgehead atoms. The van der Waals surface area contributed by atoms with Crippen LogP contribution in [0.1, 0.15) is 78.1 Å². The highest BCUT2D eigenvalue weighted by Gasteiger charge is 2.22. The maximum atomic E-state index is 12.3. The minimum Gasteiger partial charge on any atom is -0.466 e. The number of ether oxygens (including phenoxy) is 2. The fraction of sp³-hybridized carbons (Fsp3) is 0.773. The van der Waals surface area contributed by atoms with Gasteiger partial charge in [0.05, 0.1) is 13.2 Å². The molecule has 0 aliphatic heterocycles. The first kappa shape index (κ1) is 24.3. The van der Waals surface area contributed by atoms with Gasteiger partial charge in [-0.05, 0) is 46.0 Å². The Kier molecular flexibility index (Phi) is 13.3. The highest BCUT2D eigenvalue weighted by molar-refractivity contribution is 5.81. The lowest BCUT2D eigenvalue weighted by atomic mass is 9.85. The van der Waals surface area contributed by atoms with E-state index in [0.717, 1.165) is 38.5 Å². The quantitative estimate of drug-likeness (QED) is 0.274. The number of Topliss-reactive ketones (excluding diaryl/α,β-unsaturated/α-hetero) is 1. The van der Waals surface area contributed by atoms with Gasteiger partial charge in [-0.25, -0.2) is 0 Å². The Morgan fingerprint density at radius 1 is 1.00 bits per heavy atom. The fourth-order valence-electron chi connectivity index (χ4n) is 3.45. The molecule has 160 valence electrons. The van der Waals surface area contributed by atoms with E-state index in [1.807, 2.05) is 12.2 Å². The number of nitrogens with one attached hydrogen (secondary N) is 1. The molecule has 1 N–H and O–H groups in total. The molecule has 0 aromatic rings. The number of unbranched alkanes of at least 4 members (excludes halogenated alkanes) is 1. The third-order valence-electron chi connectivity index (χ3n) is 4.99. The van der Waals surface area contributed by atoms with Crippen LogP contribution in [0, 0.1) is 5.92 Å². The third kappa shape index (κ3) is 10.6. The summed E-state index contributed by atoms with van der Waals surface area (Å²) in [6, 6.07) is -0.444. The van der Waals surface area contributed by atoms with Gasteiger partial charge in [-0.15, -0.1) is 0 Å². The van der Waals surface area contributed by atoms with E-state index < -0.39 is 6.04 Å². The third-order valence-corrected chi connectivity index (χ3v) is 4.99. The van der Waals surface area contributed by atoms with Gasteiger partial charge in [0.25, 0.3) is 0 Å². The highest BCUT2D eigenvalue weighted by atomic mass is 16.5. The average molecular weight is 396 g/mol. The lowest BCUT2D eigenvalue weighted by Crippen LogP contribution is -2.39. The molecule has 1 unspecified atom stereocenters. The van der Waals surface area contributed by atoms with Gasteiger partial charge in [-0.3, -0.25) is 14.4 Å². The number of esters is 2. The first-order valence-corrected chi connectivity index (χ1v) is 10.8. The van der Waals surface area contributed by atoms with Crippen molar-refractivity contribution in [3.05, 3.63) is 12.2 Å². The van der Waals surface area contributed by atoms with Crippen LogP contribution >= 0.6 is 0 Å². The molecular formula is C22H37NO5. The molecule has 6 nitrogen and oxygen atoms in total. The second-order valence-electron chi connectivity index (χ2n) is 7.21. The summed E-state index contributed by atoms with van der Waals surface area (Å²) in [6.45, 7) is 4.82. The van der Waals surface area contributed by atoms with Crippen LogP contribution in [0.5, 0.6) is 0 Å². The van der Waals surface area contributed by atoms with Gasteiger partial charge in [-0.1, -0.05) is 31.4 Å². The second kappa shape index (κ2) is 15.3. The molecule has 1 aliphatic rings. The Labute approximate surface area is 169 Å². The maximum absolute atomic E-state index is 12.3. The SMILES string of the molecule is CCOC(=O)CCCC=CCC(NCCC(=O)C1CCCCC1)C(=O)OCC. The molecule has 1 saturated carbocycles. The molecule has 0 amide bonds. The Morgan fingerprint density at radius 3 is 2.39 bits per heavy atom. The minimum atomic E-state index is -0.444. The van der Waals surface area contributed by atoms with Crippen LogP contribution in [0.15, 0.2) is 12.2 Å². The number of carbonyl (C=O) groups excluding carboxylic acids is 3. The van der Waals surface area contributed by atoms with Gasteiger partial charge in [0.2, 0.25) is 0 Å². The Hall–Kier alpha value is -1.69. The van der Waals surface area contributed by atoms with Gasteiger partial charge in [0, 0.05) is 25.3 Å². The van der Waals surface area contributed by atoms with Gasteiger partial charge >= 0.3 is 11.9 Å². The molecule has 1 atom stereocenters. The van der Waals surface area contributed by atoms with Gasteiger partial charge < -0.3 is 14.8 Å². The van der Waals surface area contributed by atoms with Crippen LogP contribution in [0.25, 0.3) is 0 Å². The van der Waals surface area contributed by atoms with E-state index in [1.54, 1.807) is 13.8 Å². The van der Waals surface area contributed by atoms with Gasteiger partial charge in [0.15, 0.2) is 0 Å². The van der Waals surface area contributed by atoms with Crippen LogP contribution in [0.4, 0.5) is 0 Å². The van der Waals surface area contributed by atoms with E-state index in [1.165, 1.54) is 6.42 Å².